The number of piperidine rings is 1. The number of likely N-dealkylation sites (tertiary alicyclic amines) is 1. The van der Waals surface area contributed by atoms with E-state index in [1.165, 1.54) is 11.1 Å². The van der Waals surface area contributed by atoms with Crippen LogP contribution in [-0.2, 0) is 16.1 Å². The molecule has 2 saturated heterocycles. The highest BCUT2D eigenvalue weighted by atomic mass is 35.5. The number of hydrogen-bond donors (Lipinski definition) is 0. The van der Waals surface area contributed by atoms with Crippen molar-refractivity contribution in [3.05, 3.63) is 70.7 Å². The van der Waals surface area contributed by atoms with E-state index in [4.69, 9.17) is 16.3 Å². The van der Waals surface area contributed by atoms with Gasteiger partial charge in [-0.15, -0.1) is 0 Å². The highest BCUT2D eigenvalue weighted by Gasteiger charge is 2.35. The van der Waals surface area contributed by atoms with E-state index in [0.29, 0.717) is 32.3 Å². The van der Waals surface area contributed by atoms with Gasteiger partial charge < -0.3 is 9.64 Å². The molecule has 2 aromatic carbocycles. The summed E-state index contributed by atoms with van der Waals surface area (Å²) in [7, 11) is 0. The van der Waals surface area contributed by atoms with Crippen LogP contribution in [0.1, 0.15) is 30.0 Å². The maximum atomic E-state index is 13.1. The van der Waals surface area contributed by atoms with Crippen LogP contribution in [0.2, 0.25) is 5.02 Å². The molecule has 0 saturated carbocycles. The van der Waals surface area contributed by atoms with E-state index in [9.17, 15) is 4.79 Å². The molecule has 2 atom stereocenters. The van der Waals surface area contributed by atoms with Crippen molar-refractivity contribution in [1.29, 1.82) is 0 Å². The molecule has 2 aliphatic rings. The van der Waals surface area contributed by atoms with Crippen molar-refractivity contribution in [2.24, 2.45) is 5.92 Å². The summed E-state index contributed by atoms with van der Waals surface area (Å²) in [6.07, 6.45) is 1.92. The molecule has 0 spiro atoms. The molecule has 0 N–H and O–H groups in total. The summed E-state index contributed by atoms with van der Waals surface area (Å²) in [5.41, 5.74) is 2.51. The van der Waals surface area contributed by atoms with E-state index in [2.05, 4.69) is 41.3 Å². The minimum atomic E-state index is 0.0530. The number of amides is 1. The van der Waals surface area contributed by atoms with Crippen molar-refractivity contribution in [3.63, 3.8) is 0 Å². The zero-order valence-electron chi connectivity index (χ0n) is 16.1. The van der Waals surface area contributed by atoms with Crippen LogP contribution in [0.5, 0.6) is 0 Å². The first-order valence-corrected chi connectivity index (χ1v) is 10.5. The first-order valence-electron chi connectivity index (χ1n) is 10.1. The van der Waals surface area contributed by atoms with Crippen LogP contribution in [0.3, 0.4) is 0 Å². The van der Waals surface area contributed by atoms with E-state index in [0.717, 1.165) is 31.0 Å². The molecule has 148 valence electrons. The maximum Gasteiger partial charge on any atom is 0.227 e. The lowest BCUT2D eigenvalue weighted by molar-refractivity contribution is -0.142. The molecule has 4 rings (SSSR count). The quantitative estimate of drug-likeness (QED) is 0.775. The van der Waals surface area contributed by atoms with E-state index in [-0.39, 0.29) is 11.8 Å². The Labute approximate surface area is 172 Å². The fourth-order valence-electron chi connectivity index (χ4n) is 4.38. The number of ether oxygens (including phenoxy) is 1. The molecule has 0 bridgehead atoms. The van der Waals surface area contributed by atoms with E-state index in [1.54, 1.807) is 0 Å². The van der Waals surface area contributed by atoms with Gasteiger partial charge in [0.15, 0.2) is 0 Å². The van der Waals surface area contributed by atoms with Gasteiger partial charge in [0, 0.05) is 37.2 Å². The maximum absolute atomic E-state index is 13.1. The number of benzene rings is 2. The molecule has 2 fully saturated rings. The number of carbonyl (C=O) groups excluding carboxylic acids is 1. The number of halogens is 1. The van der Waals surface area contributed by atoms with Crippen LogP contribution in [0.4, 0.5) is 0 Å². The van der Waals surface area contributed by atoms with E-state index in [1.807, 2.05) is 23.1 Å². The van der Waals surface area contributed by atoms with Gasteiger partial charge in [0.2, 0.25) is 5.91 Å². The van der Waals surface area contributed by atoms with Gasteiger partial charge in [-0.1, -0.05) is 54.1 Å². The van der Waals surface area contributed by atoms with Gasteiger partial charge >= 0.3 is 0 Å². The minimum absolute atomic E-state index is 0.0530. The molecular formula is C23H27ClN2O2. The molecule has 0 aromatic heterocycles. The van der Waals surface area contributed by atoms with Crippen molar-refractivity contribution >= 4 is 17.5 Å². The summed E-state index contributed by atoms with van der Waals surface area (Å²) in [5, 5.41) is 0.756. The summed E-state index contributed by atoms with van der Waals surface area (Å²) >= 11 is 6.21. The molecular weight excluding hydrogens is 372 g/mol. The number of nitrogens with zero attached hydrogens (tertiary/aromatic N) is 2. The molecule has 2 aliphatic heterocycles. The van der Waals surface area contributed by atoms with Gasteiger partial charge in [0.25, 0.3) is 0 Å². The third-order valence-electron chi connectivity index (χ3n) is 5.82. The predicted molar refractivity (Wildman–Crippen MR) is 111 cm³/mol. The van der Waals surface area contributed by atoms with Crippen LogP contribution >= 0.6 is 11.6 Å². The molecule has 2 aromatic rings. The Bertz CT molecular complexity index is 792. The molecule has 4 nitrogen and oxygen atoms in total. The summed E-state index contributed by atoms with van der Waals surface area (Å²) in [4.78, 5) is 17.5. The zero-order valence-corrected chi connectivity index (χ0v) is 16.9. The monoisotopic (exact) mass is 398 g/mol. The van der Waals surface area contributed by atoms with Crippen molar-refractivity contribution in [2.75, 3.05) is 32.8 Å². The largest absolute Gasteiger partial charge is 0.378 e. The van der Waals surface area contributed by atoms with Crippen LogP contribution in [0.25, 0.3) is 0 Å². The second-order valence-corrected chi connectivity index (χ2v) is 8.13. The van der Waals surface area contributed by atoms with E-state index < -0.39 is 0 Å². The molecule has 2 heterocycles. The molecule has 2 unspecified atom stereocenters. The lowest BCUT2D eigenvalue weighted by atomic mass is 9.87. The summed E-state index contributed by atoms with van der Waals surface area (Å²) in [5.74, 6) is 0.336. The fourth-order valence-corrected chi connectivity index (χ4v) is 4.60. The number of hydrogen-bond acceptors (Lipinski definition) is 3. The van der Waals surface area contributed by atoms with Crippen molar-refractivity contribution < 1.29 is 9.53 Å². The molecule has 0 radical (unpaired) electrons. The Morgan fingerprint density at radius 3 is 2.57 bits per heavy atom. The van der Waals surface area contributed by atoms with Crippen molar-refractivity contribution in [3.8, 4) is 0 Å². The summed E-state index contributed by atoms with van der Waals surface area (Å²) in [6.45, 7) is 4.31. The van der Waals surface area contributed by atoms with Crippen molar-refractivity contribution in [1.82, 2.24) is 9.80 Å². The van der Waals surface area contributed by atoms with Crippen LogP contribution in [0.15, 0.2) is 54.6 Å². The van der Waals surface area contributed by atoms with Crippen molar-refractivity contribution in [2.45, 2.75) is 25.4 Å². The Balaban J connectivity index is 1.53. The third kappa shape index (κ3) is 4.57. The second kappa shape index (κ2) is 9.08. The third-order valence-corrected chi connectivity index (χ3v) is 6.05. The van der Waals surface area contributed by atoms with Gasteiger partial charge in [-0.2, -0.15) is 0 Å². The molecule has 0 aliphatic carbocycles. The Morgan fingerprint density at radius 1 is 1.04 bits per heavy atom. The SMILES string of the molecule is O=C(C1CCC(c2ccccc2)N(Cc2cccc(Cl)c2)C1)N1CCOCC1. The van der Waals surface area contributed by atoms with Gasteiger partial charge in [0.05, 0.1) is 19.1 Å². The molecule has 28 heavy (non-hydrogen) atoms. The fraction of sp³-hybridized carbons (Fsp3) is 0.435. The number of carbonyl (C=O) groups is 1. The Kier molecular flexibility index (Phi) is 6.30. The molecule has 5 heteroatoms. The molecule has 1 amide bonds. The lowest BCUT2D eigenvalue weighted by Gasteiger charge is -2.41. The normalized spacial score (nSPS) is 23.5. The number of morpholine rings is 1. The summed E-state index contributed by atoms with van der Waals surface area (Å²) in [6, 6.07) is 19.0. The van der Waals surface area contributed by atoms with Crippen LogP contribution < -0.4 is 0 Å². The smallest absolute Gasteiger partial charge is 0.227 e. The van der Waals surface area contributed by atoms with E-state index >= 15 is 0 Å². The number of rotatable bonds is 4. The highest BCUT2D eigenvalue weighted by molar-refractivity contribution is 6.30. The average molecular weight is 399 g/mol. The van der Waals surface area contributed by atoms with Crippen LogP contribution in [-0.4, -0.2) is 48.6 Å². The first kappa shape index (κ1) is 19.4. The van der Waals surface area contributed by atoms with Gasteiger partial charge in [-0.05, 0) is 36.1 Å². The first-order chi connectivity index (χ1) is 13.7. The Morgan fingerprint density at radius 2 is 1.82 bits per heavy atom. The summed E-state index contributed by atoms with van der Waals surface area (Å²) < 4.78 is 5.41. The second-order valence-electron chi connectivity index (χ2n) is 7.70. The predicted octanol–water partition coefficient (Wildman–Crippen LogP) is 4.15. The minimum Gasteiger partial charge on any atom is -0.378 e. The van der Waals surface area contributed by atoms with Gasteiger partial charge in [0.1, 0.15) is 0 Å². The lowest BCUT2D eigenvalue weighted by Crippen LogP contribution is -2.48. The zero-order chi connectivity index (χ0) is 19.3. The average Bonchev–Trinajstić information content (AvgIpc) is 2.74. The Hall–Kier alpha value is -1.88. The topological polar surface area (TPSA) is 32.8 Å². The van der Waals surface area contributed by atoms with Gasteiger partial charge in [-0.25, -0.2) is 0 Å². The standard InChI is InChI=1S/C23H27ClN2O2/c24-21-8-4-5-18(15-21)16-26-17-20(23(27)25-11-13-28-14-12-25)9-10-22(26)19-6-2-1-3-7-19/h1-8,15,20,22H,9-14,16-17H2. The highest BCUT2D eigenvalue weighted by Crippen LogP contribution is 2.35. The van der Waals surface area contributed by atoms with Crippen LogP contribution in [0, 0.1) is 5.92 Å². The van der Waals surface area contributed by atoms with Gasteiger partial charge in [-0.3, -0.25) is 9.69 Å².